The number of morpholine rings is 1. The lowest BCUT2D eigenvalue weighted by Crippen LogP contribution is -2.48. The maximum absolute atomic E-state index is 12.8. The van der Waals surface area contributed by atoms with Crippen LogP contribution < -0.4 is 4.74 Å². The molecule has 0 saturated carbocycles. The van der Waals surface area contributed by atoms with Crippen molar-refractivity contribution in [1.82, 2.24) is 19.9 Å². The fourth-order valence-electron chi connectivity index (χ4n) is 2.48. The van der Waals surface area contributed by atoms with Crippen LogP contribution in [0.2, 0.25) is 5.02 Å². The maximum Gasteiger partial charge on any atom is 0.274 e. The van der Waals surface area contributed by atoms with Crippen molar-refractivity contribution >= 4 is 29.3 Å². The molecule has 2 aromatic heterocycles. The van der Waals surface area contributed by atoms with E-state index in [4.69, 9.17) is 21.1 Å². The number of carbonyl (C=O) groups excluding carboxylic acids is 1. The van der Waals surface area contributed by atoms with Crippen molar-refractivity contribution in [3.05, 3.63) is 40.9 Å². The van der Waals surface area contributed by atoms with Crippen LogP contribution in [0.4, 0.5) is 0 Å². The summed E-state index contributed by atoms with van der Waals surface area (Å²) in [5, 5.41) is 0.760. The lowest BCUT2D eigenvalue weighted by molar-refractivity contribution is -0.0403. The lowest BCUT2D eigenvalue weighted by Gasteiger charge is -2.32. The van der Waals surface area contributed by atoms with E-state index in [0.29, 0.717) is 37.2 Å². The highest BCUT2D eigenvalue weighted by Gasteiger charge is 2.28. The summed E-state index contributed by atoms with van der Waals surface area (Å²) in [5.41, 5.74) is 1.14. The van der Waals surface area contributed by atoms with Crippen LogP contribution in [0.15, 0.2) is 29.7 Å². The van der Waals surface area contributed by atoms with Gasteiger partial charge in [-0.3, -0.25) is 9.78 Å². The minimum atomic E-state index is -0.227. The number of thioether (sulfide) groups is 1. The van der Waals surface area contributed by atoms with Crippen molar-refractivity contribution in [1.29, 1.82) is 0 Å². The van der Waals surface area contributed by atoms with Gasteiger partial charge in [0.05, 0.1) is 30.6 Å². The van der Waals surface area contributed by atoms with Crippen LogP contribution in [0.5, 0.6) is 5.75 Å². The van der Waals surface area contributed by atoms with E-state index in [1.54, 1.807) is 11.1 Å². The van der Waals surface area contributed by atoms with E-state index in [1.807, 2.05) is 25.3 Å². The van der Waals surface area contributed by atoms with Gasteiger partial charge < -0.3 is 14.4 Å². The molecule has 26 heavy (non-hydrogen) atoms. The lowest BCUT2D eigenvalue weighted by atomic mass is 10.2. The summed E-state index contributed by atoms with van der Waals surface area (Å²) in [6.45, 7) is 3.58. The third kappa shape index (κ3) is 4.63. The molecule has 0 radical (unpaired) electrons. The number of ether oxygens (including phenoxy) is 2. The molecule has 3 rings (SSSR count). The second kappa shape index (κ2) is 8.66. The Morgan fingerprint density at radius 1 is 1.42 bits per heavy atom. The van der Waals surface area contributed by atoms with Crippen molar-refractivity contribution in [2.45, 2.75) is 18.2 Å². The van der Waals surface area contributed by atoms with Crippen molar-refractivity contribution in [2.75, 3.05) is 32.6 Å². The first-order valence-corrected chi connectivity index (χ1v) is 9.70. The Morgan fingerprint density at radius 2 is 2.27 bits per heavy atom. The Labute approximate surface area is 161 Å². The molecule has 0 bridgehead atoms. The highest BCUT2D eigenvalue weighted by molar-refractivity contribution is 7.98. The molecule has 138 valence electrons. The van der Waals surface area contributed by atoms with Gasteiger partial charge in [0.1, 0.15) is 18.5 Å². The average molecular weight is 395 g/mol. The average Bonchev–Trinajstić information content (AvgIpc) is 2.67. The molecule has 0 spiro atoms. The predicted octanol–water partition coefficient (Wildman–Crippen LogP) is 2.48. The smallest absolute Gasteiger partial charge is 0.274 e. The molecule has 1 unspecified atom stereocenters. The van der Waals surface area contributed by atoms with Crippen LogP contribution in [0.3, 0.4) is 0 Å². The zero-order chi connectivity index (χ0) is 18.5. The van der Waals surface area contributed by atoms with Gasteiger partial charge in [0.25, 0.3) is 5.91 Å². The van der Waals surface area contributed by atoms with Gasteiger partial charge >= 0.3 is 0 Å². The number of aryl methyl sites for hydroxylation is 1. The van der Waals surface area contributed by atoms with Gasteiger partial charge in [0, 0.05) is 12.2 Å². The molecule has 0 N–H and O–H groups in total. The van der Waals surface area contributed by atoms with Crippen LogP contribution in [0.25, 0.3) is 0 Å². The van der Waals surface area contributed by atoms with Gasteiger partial charge in [-0.1, -0.05) is 23.4 Å². The minimum absolute atomic E-state index is 0.218. The number of amides is 1. The Bertz CT molecular complexity index is 775. The van der Waals surface area contributed by atoms with Crippen LogP contribution in [0, 0.1) is 6.92 Å². The number of hydrogen-bond acceptors (Lipinski definition) is 7. The molecule has 3 heterocycles. The summed E-state index contributed by atoms with van der Waals surface area (Å²) in [5.74, 6) is 0.448. The largest absolute Gasteiger partial charge is 0.489 e. The van der Waals surface area contributed by atoms with Crippen LogP contribution in [0.1, 0.15) is 16.2 Å². The molecule has 2 aromatic rings. The van der Waals surface area contributed by atoms with Crippen LogP contribution in [-0.2, 0) is 4.74 Å². The third-order valence-corrected chi connectivity index (χ3v) is 4.69. The van der Waals surface area contributed by atoms with Crippen molar-refractivity contribution < 1.29 is 14.3 Å². The van der Waals surface area contributed by atoms with E-state index < -0.39 is 0 Å². The van der Waals surface area contributed by atoms with E-state index in [-0.39, 0.29) is 22.7 Å². The number of aromatic nitrogens is 3. The normalized spacial score (nSPS) is 17.2. The number of pyridine rings is 1. The fraction of sp³-hybridized carbons (Fsp3) is 0.412. The summed E-state index contributed by atoms with van der Waals surface area (Å²) in [6.07, 6.45) is 4.75. The monoisotopic (exact) mass is 394 g/mol. The molecule has 1 amide bonds. The molecule has 1 saturated heterocycles. The Kier molecular flexibility index (Phi) is 6.29. The summed E-state index contributed by atoms with van der Waals surface area (Å²) >= 11 is 7.47. The molecular formula is C17H19ClN4O3S. The topological polar surface area (TPSA) is 77.4 Å². The molecule has 1 atom stereocenters. The molecule has 0 aromatic carbocycles. The van der Waals surface area contributed by atoms with Crippen molar-refractivity contribution in [2.24, 2.45) is 0 Å². The van der Waals surface area contributed by atoms with Gasteiger partial charge in [-0.15, -0.1) is 0 Å². The van der Waals surface area contributed by atoms with Crippen molar-refractivity contribution in [3.63, 3.8) is 0 Å². The van der Waals surface area contributed by atoms with Crippen LogP contribution in [-0.4, -0.2) is 64.4 Å². The summed E-state index contributed by atoms with van der Waals surface area (Å²) in [6, 6.07) is 3.74. The summed E-state index contributed by atoms with van der Waals surface area (Å²) < 4.78 is 11.4. The molecule has 1 aliphatic heterocycles. The van der Waals surface area contributed by atoms with Gasteiger partial charge in [0.15, 0.2) is 10.9 Å². The maximum atomic E-state index is 12.8. The van der Waals surface area contributed by atoms with E-state index in [0.717, 1.165) is 5.69 Å². The molecule has 0 aliphatic carbocycles. The predicted molar refractivity (Wildman–Crippen MR) is 98.9 cm³/mol. The Balaban J connectivity index is 1.62. The van der Waals surface area contributed by atoms with Gasteiger partial charge in [0.2, 0.25) is 0 Å². The number of carbonyl (C=O) groups is 1. The van der Waals surface area contributed by atoms with E-state index in [9.17, 15) is 4.79 Å². The zero-order valence-corrected chi connectivity index (χ0v) is 16.1. The van der Waals surface area contributed by atoms with E-state index in [1.165, 1.54) is 18.0 Å². The standard InChI is InChI=1S/C17H19ClN4O3S/c1-11-3-4-12(7-19-11)25-10-13-9-22(5-6-24-13)16(23)15-14(18)8-20-17(21-15)26-2/h3-4,7-8,13H,5-6,9-10H2,1-2H3. The highest BCUT2D eigenvalue weighted by atomic mass is 35.5. The quantitative estimate of drug-likeness (QED) is 0.569. The number of hydrogen-bond donors (Lipinski definition) is 0. The molecule has 7 nitrogen and oxygen atoms in total. The second-order valence-corrected chi connectivity index (χ2v) is 6.92. The fourth-order valence-corrected chi connectivity index (χ4v) is 3.00. The van der Waals surface area contributed by atoms with Gasteiger partial charge in [-0.05, 0) is 25.3 Å². The van der Waals surface area contributed by atoms with E-state index in [2.05, 4.69) is 15.0 Å². The second-order valence-electron chi connectivity index (χ2n) is 5.74. The third-order valence-electron chi connectivity index (χ3n) is 3.85. The highest BCUT2D eigenvalue weighted by Crippen LogP contribution is 2.20. The van der Waals surface area contributed by atoms with E-state index >= 15 is 0 Å². The first-order chi connectivity index (χ1) is 12.6. The molecule has 9 heteroatoms. The van der Waals surface area contributed by atoms with Gasteiger partial charge in [-0.2, -0.15) is 0 Å². The molecule has 1 fully saturated rings. The first-order valence-electron chi connectivity index (χ1n) is 8.09. The van der Waals surface area contributed by atoms with Gasteiger partial charge in [-0.25, -0.2) is 9.97 Å². The molecule has 1 aliphatic rings. The first kappa shape index (κ1) is 18.9. The molecular weight excluding hydrogens is 376 g/mol. The van der Waals surface area contributed by atoms with Crippen LogP contribution >= 0.6 is 23.4 Å². The van der Waals surface area contributed by atoms with Crippen molar-refractivity contribution in [3.8, 4) is 5.75 Å². The Morgan fingerprint density at radius 3 is 3.00 bits per heavy atom. The minimum Gasteiger partial charge on any atom is -0.489 e. The number of rotatable bonds is 5. The summed E-state index contributed by atoms with van der Waals surface area (Å²) in [4.78, 5) is 27.0. The Hall–Kier alpha value is -1.90. The SMILES string of the molecule is CSc1ncc(Cl)c(C(=O)N2CCOC(COc3ccc(C)nc3)C2)n1. The number of nitrogens with zero attached hydrogens (tertiary/aromatic N) is 4. The zero-order valence-electron chi connectivity index (χ0n) is 14.5. The number of halogens is 1. The summed E-state index contributed by atoms with van der Waals surface area (Å²) in [7, 11) is 0.